The SMILES string of the molecule is Cc1cc(=O)[nH]c(-c2cccc(NC(=O)C3CC(=O)N(C4CCCC4)C3)c2)n1. The third kappa shape index (κ3) is 3.83. The fraction of sp³-hybridized carbons (Fsp3) is 0.429. The van der Waals surface area contributed by atoms with Crippen LogP contribution in [-0.2, 0) is 9.59 Å². The summed E-state index contributed by atoms with van der Waals surface area (Å²) in [5.74, 6) is 0.0808. The van der Waals surface area contributed by atoms with E-state index in [4.69, 9.17) is 0 Å². The van der Waals surface area contributed by atoms with E-state index in [1.165, 1.54) is 6.07 Å². The zero-order chi connectivity index (χ0) is 19.7. The van der Waals surface area contributed by atoms with Crippen molar-refractivity contribution in [3.05, 3.63) is 46.4 Å². The molecule has 1 saturated heterocycles. The molecule has 1 aliphatic heterocycles. The first-order valence-corrected chi connectivity index (χ1v) is 9.78. The molecule has 2 amide bonds. The molecule has 1 unspecified atom stereocenters. The highest BCUT2D eigenvalue weighted by atomic mass is 16.2. The van der Waals surface area contributed by atoms with Gasteiger partial charge in [0, 0.05) is 42.0 Å². The number of anilines is 1. The summed E-state index contributed by atoms with van der Waals surface area (Å²) in [6.45, 7) is 2.26. The average Bonchev–Trinajstić information content (AvgIpc) is 3.30. The molecule has 1 atom stereocenters. The van der Waals surface area contributed by atoms with Gasteiger partial charge in [-0.05, 0) is 31.9 Å². The first-order chi connectivity index (χ1) is 13.5. The summed E-state index contributed by atoms with van der Waals surface area (Å²) < 4.78 is 0. The van der Waals surface area contributed by atoms with Crippen LogP contribution in [0.3, 0.4) is 0 Å². The molecule has 7 nitrogen and oxygen atoms in total. The topological polar surface area (TPSA) is 95.2 Å². The molecular weight excluding hydrogens is 356 g/mol. The number of benzene rings is 1. The fourth-order valence-electron chi connectivity index (χ4n) is 4.18. The number of aromatic amines is 1. The van der Waals surface area contributed by atoms with Crippen molar-refractivity contribution >= 4 is 17.5 Å². The fourth-order valence-corrected chi connectivity index (χ4v) is 4.18. The van der Waals surface area contributed by atoms with E-state index < -0.39 is 0 Å². The molecule has 0 bridgehead atoms. The molecule has 1 aromatic heterocycles. The van der Waals surface area contributed by atoms with Crippen LogP contribution in [0.4, 0.5) is 5.69 Å². The van der Waals surface area contributed by atoms with Gasteiger partial charge in [0.05, 0.1) is 5.92 Å². The smallest absolute Gasteiger partial charge is 0.251 e. The highest BCUT2D eigenvalue weighted by molar-refractivity contribution is 5.97. The summed E-state index contributed by atoms with van der Waals surface area (Å²) in [4.78, 5) is 45.7. The van der Waals surface area contributed by atoms with Gasteiger partial charge in [0.1, 0.15) is 5.82 Å². The zero-order valence-corrected chi connectivity index (χ0v) is 15.9. The lowest BCUT2D eigenvalue weighted by molar-refractivity contribution is -0.129. The molecule has 28 heavy (non-hydrogen) atoms. The second kappa shape index (κ2) is 7.58. The molecule has 2 N–H and O–H groups in total. The first kappa shape index (κ1) is 18.4. The van der Waals surface area contributed by atoms with Gasteiger partial charge in [0.2, 0.25) is 11.8 Å². The molecular formula is C21H24N4O3. The number of carbonyl (C=O) groups is 2. The van der Waals surface area contributed by atoms with Crippen molar-refractivity contribution in [1.82, 2.24) is 14.9 Å². The van der Waals surface area contributed by atoms with Gasteiger partial charge < -0.3 is 15.2 Å². The van der Waals surface area contributed by atoms with Gasteiger partial charge >= 0.3 is 0 Å². The third-order valence-corrected chi connectivity index (χ3v) is 5.57. The minimum absolute atomic E-state index is 0.0855. The van der Waals surface area contributed by atoms with Gasteiger partial charge in [0.15, 0.2) is 0 Å². The highest BCUT2D eigenvalue weighted by Gasteiger charge is 2.38. The number of carbonyl (C=O) groups excluding carboxylic acids is 2. The van der Waals surface area contributed by atoms with E-state index >= 15 is 0 Å². The van der Waals surface area contributed by atoms with Crippen molar-refractivity contribution in [2.24, 2.45) is 5.92 Å². The molecule has 0 spiro atoms. The molecule has 1 aromatic carbocycles. The second-order valence-corrected chi connectivity index (χ2v) is 7.69. The van der Waals surface area contributed by atoms with Crippen LogP contribution in [0.1, 0.15) is 37.8 Å². The summed E-state index contributed by atoms with van der Waals surface area (Å²) in [5.41, 5.74) is 1.75. The molecule has 2 aliphatic rings. The molecule has 7 heteroatoms. The first-order valence-electron chi connectivity index (χ1n) is 9.78. The van der Waals surface area contributed by atoms with Crippen LogP contribution in [-0.4, -0.2) is 39.3 Å². The lowest BCUT2D eigenvalue weighted by Crippen LogP contribution is -2.35. The van der Waals surface area contributed by atoms with Crippen LogP contribution in [0.2, 0.25) is 0 Å². The maximum absolute atomic E-state index is 12.7. The van der Waals surface area contributed by atoms with Crippen molar-refractivity contribution in [2.45, 2.75) is 45.1 Å². The predicted octanol–water partition coefficient (Wildman–Crippen LogP) is 2.47. The molecule has 146 valence electrons. The Morgan fingerprint density at radius 1 is 1.21 bits per heavy atom. The van der Waals surface area contributed by atoms with E-state index in [1.54, 1.807) is 25.1 Å². The monoisotopic (exact) mass is 380 g/mol. The van der Waals surface area contributed by atoms with Crippen LogP contribution >= 0.6 is 0 Å². The number of likely N-dealkylation sites (tertiary alicyclic amines) is 1. The molecule has 2 heterocycles. The van der Waals surface area contributed by atoms with E-state index in [9.17, 15) is 14.4 Å². The van der Waals surface area contributed by atoms with Crippen molar-refractivity contribution in [3.8, 4) is 11.4 Å². The summed E-state index contributed by atoms with van der Waals surface area (Å²) in [7, 11) is 0. The van der Waals surface area contributed by atoms with Gasteiger partial charge in [-0.2, -0.15) is 0 Å². The van der Waals surface area contributed by atoms with Gasteiger partial charge in [-0.1, -0.05) is 25.0 Å². The van der Waals surface area contributed by atoms with E-state index in [0.29, 0.717) is 35.4 Å². The van der Waals surface area contributed by atoms with Crippen molar-refractivity contribution in [1.29, 1.82) is 0 Å². The number of amides is 2. The summed E-state index contributed by atoms with van der Waals surface area (Å²) in [6.07, 6.45) is 4.68. The number of rotatable bonds is 4. The summed E-state index contributed by atoms with van der Waals surface area (Å²) >= 11 is 0. The lowest BCUT2D eigenvalue weighted by Gasteiger charge is -2.23. The average molecular weight is 380 g/mol. The Kier molecular flexibility index (Phi) is 4.98. The number of nitrogens with one attached hydrogen (secondary N) is 2. The normalized spacial score (nSPS) is 20.0. The second-order valence-electron chi connectivity index (χ2n) is 7.69. The lowest BCUT2D eigenvalue weighted by atomic mass is 10.1. The van der Waals surface area contributed by atoms with E-state index in [0.717, 1.165) is 25.7 Å². The van der Waals surface area contributed by atoms with Crippen LogP contribution in [0, 0.1) is 12.8 Å². The van der Waals surface area contributed by atoms with Crippen LogP contribution < -0.4 is 10.9 Å². The van der Waals surface area contributed by atoms with Crippen LogP contribution in [0.25, 0.3) is 11.4 Å². The van der Waals surface area contributed by atoms with Crippen molar-refractivity contribution < 1.29 is 9.59 Å². The van der Waals surface area contributed by atoms with Gasteiger partial charge in [0.25, 0.3) is 5.56 Å². The van der Waals surface area contributed by atoms with Gasteiger partial charge in [-0.25, -0.2) is 4.98 Å². The maximum atomic E-state index is 12.7. The van der Waals surface area contributed by atoms with Gasteiger partial charge in [-0.15, -0.1) is 0 Å². The van der Waals surface area contributed by atoms with Gasteiger partial charge in [-0.3, -0.25) is 14.4 Å². The maximum Gasteiger partial charge on any atom is 0.251 e. The molecule has 1 saturated carbocycles. The molecule has 2 aromatic rings. The predicted molar refractivity (Wildman–Crippen MR) is 106 cm³/mol. The summed E-state index contributed by atoms with van der Waals surface area (Å²) in [6, 6.07) is 8.94. The highest BCUT2D eigenvalue weighted by Crippen LogP contribution is 2.30. The minimum Gasteiger partial charge on any atom is -0.339 e. The zero-order valence-electron chi connectivity index (χ0n) is 15.9. The quantitative estimate of drug-likeness (QED) is 0.852. The Morgan fingerprint density at radius 2 is 2.00 bits per heavy atom. The number of nitrogens with zero attached hydrogens (tertiary/aromatic N) is 2. The number of hydrogen-bond acceptors (Lipinski definition) is 4. The molecule has 2 fully saturated rings. The Balaban J connectivity index is 1.46. The Morgan fingerprint density at radius 3 is 2.75 bits per heavy atom. The molecule has 1 aliphatic carbocycles. The number of aryl methyl sites for hydroxylation is 1. The van der Waals surface area contributed by atoms with Crippen molar-refractivity contribution in [3.63, 3.8) is 0 Å². The standard InChI is InChI=1S/C21H24N4O3/c1-13-9-18(26)24-20(22-13)14-5-4-6-16(10-14)23-21(28)15-11-19(27)25(12-15)17-7-2-3-8-17/h4-6,9-10,15,17H,2-3,7-8,11-12H2,1H3,(H,23,28)(H,22,24,26). The third-order valence-electron chi connectivity index (χ3n) is 5.57. The molecule has 4 rings (SSSR count). The Hall–Kier alpha value is -2.96. The Bertz CT molecular complexity index is 962. The number of hydrogen-bond donors (Lipinski definition) is 2. The Labute approximate surface area is 163 Å². The number of H-pyrrole nitrogens is 1. The van der Waals surface area contributed by atoms with E-state index in [2.05, 4.69) is 15.3 Å². The summed E-state index contributed by atoms with van der Waals surface area (Å²) in [5, 5.41) is 2.92. The largest absolute Gasteiger partial charge is 0.339 e. The van der Waals surface area contributed by atoms with Crippen molar-refractivity contribution in [2.75, 3.05) is 11.9 Å². The van der Waals surface area contributed by atoms with E-state index in [-0.39, 0.29) is 29.7 Å². The van der Waals surface area contributed by atoms with E-state index in [1.807, 2.05) is 11.0 Å². The minimum atomic E-state index is -0.325. The molecule has 0 radical (unpaired) electrons. The number of aromatic nitrogens is 2. The van der Waals surface area contributed by atoms with Crippen LogP contribution in [0.5, 0.6) is 0 Å². The van der Waals surface area contributed by atoms with Crippen LogP contribution in [0.15, 0.2) is 35.1 Å².